The number of hydrogen-bond donors (Lipinski definition) is 3. The number of para-hydroxylation sites is 1. The van der Waals surface area contributed by atoms with Crippen LogP contribution in [-0.2, 0) is 9.59 Å². The van der Waals surface area contributed by atoms with E-state index in [-0.39, 0.29) is 29.6 Å². The summed E-state index contributed by atoms with van der Waals surface area (Å²) in [4.78, 5) is 37.8. The van der Waals surface area contributed by atoms with Crippen molar-refractivity contribution in [1.29, 1.82) is 0 Å². The van der Waals surface area contributed by atoms with Crippen LogP contribution in [0, 0.1) is 0 Å². The van der Waals surface area contributed by atoms with E-state index in [1.54, 1.807) is 0 Å². The summed E-state index contributed by atoms with van der Waals surface area (Å²) in [6.07, 6.45) is 0.767. The van der Waals surface area contributed by atoms with Crippen LogP contribution in [0.1, 0.15) is 16.8 Å². The summed E-state index contributed by atoms with van der Waals surface area (Å²) >= 11 is 11.7. The third-order valence-corrected chi connectivity index (χ3v) is 4.77. The number of benzene rings is 2. The first-order chi connectivity index (χ1) is 14.4. The van der Waals surface area contributed by atoms with Crippen molar-refractivity contribution in [3.05, 3.63) is 64.1 Å². The zero-order chi connectivity index (χ0) is 21.9. The first kappa shape index (κ1) is 23.5. The van der Waals surface area contributed by atoms with Gasteiger partial charge in [-0.15, -0.1) is 0 Å². The molecule has 0 radical (unpaired) electrons. The molecule has 0 unspecified atom stereocenters. The predicted octanol–water partition coefficient (Wildman–Crippen LogP) is 2.48. The fourth-order valence-electron chi connectivity index (χ4n) is 2.59. The number of anilines is 1. The molecular weight excluding hydrogens is 427 g/mol. The molecule has 0 aliphatic rings. The quantitative estimate of drug-likeness (QED) is 0.485. The fraction of sp³-hybridized carbons (Fsp3) is 0.286. The minimum absolute atomic E-state index is 0.162. The third-order valence-electron chi connectivity index (χ3n) is 4.22. The second-order valence-corrected chi connectivity index (χ2v) is 7.39. The monoisotopic (exact) mass is 450 g/mol. The van der Waals surface area contributed by atoms with E-state index < -0.39 is 11.8 Å². The Labute approximate surface area is 185 Å². The molecule has 2 aromatic carbocycles. The summed E-state index contributed by atoms with van der Waals surface area (Å²) < 4.78 is 0. The van der Waals surface area contributed by atoms with Gasteiger partial charge in [-0.3, -0.25) is 14.4 Å². The number of nitrogens with one attached hydrogen (secondary N) is 3. The van der Waals surface area contributed by atoms with Crippen molar-refractivity contribution in [2.24, 2.45) is 0 Å². The number of carbonyl (C=O) groups is 3. The third kappa shape index (κ3) is 7.93. The number of nitrogens with zero attached hydrogens (tertiary/aromatic N) is 1. The van der Waals surface area contributed by atoms with E-state index in [1.807, 2.05) is 37.4 Å². The molecule has 0 heterocycles. The van der Waals surface area contributed by atoms with Gasteiger partial charge in [-0.05, 0) is 36.8 Å². The van der Waals surface area contributed by atoms with Crippen molar-refractivity contribution >= 4 is 46.6 Å². The van der Waals surface area contributed by atoms with Gasteiger partial charge in [0.05, 0.1) is 23.7 Å². The molecule has 0 spiro atoms. The van der Waals surface area contributed by atoms with E-state index in [1.165, 1.54) is 18.2 Å². The predicted molar refractivity (Wildman–Crippen MR) is 119 cm³/mol. The Bertz CT molecular complexity index is 878. The molecule has 0 saturated heterocycles. The van der Waals surface area contributed by atoms with Gasteiger partial charge < -0.3 is 20.9 Å². The smallest absolute Gasteiger partial charge is 0.253 e. The van der Waals surface area contributed by atoms with Crippen LogP contribution in [0.25, 0.3) is 0 Å². The minimum Gasteiger partial charge on any atom is -0.375 e. The summed E-state index contributed by atoms with van der Waals surface area (Å²) in [7, 11) is 1.99. The lowest BCUT2D eigenvalue weighted by molar-refractivity contribution is -0.125. The van der Waals surface area contributed by atoms with E-state index in [2.05, 4.69) is 20.9 Å². The van der Waals surface area contributed by atoms with Crippen LogP contribution in [0.5, 0.6) is 0 Å². The normalized spacial score (nSPS) is 10.2. The number of rotatable bonds is 10. The number of amides is 3. The first-order valence-corrected chi connectivity index (χ1v) is 10.1. The molecule has 9 heteroatoms. The Morgan fingerprint density at radius 3 is 2.27 bits per heavy atom. The molecule has 0 aliphatic heterocycles. The molecule has 2 rings (SSSR count). The van der Waals surface area contributed by atoms with Gasteiger partial charge in [0, 0.05) is 30.8 Å². The Morgan fingerprint density at radius 2 is 1.57 bits per heavy atom. The highest BCUT2D eigenvalue weighted by atomic mass is 35.5. The Balaban J connectivity index is 1.60. The van der Waals surface area contributed by atoms with Crippen molar-refractivity contribution in [3.63, 3.8) is 0 Å². The van der Waals surface area contributed by atoms with Gasteiger partial charge in [0.2, 0.25) is 11.8 Å². The zero-order valence-corrected chi connectivity index (χ0v) is 18.1. The molecule has 2 aromatic rings. The van der Waals surface area contributed by atoms with Crippen molar-refractivity contribution in [1.82, 2.24) is 16.0 Å². The van der Waals surface area contributed by atoms with Gasteiger partial charge in [0.15, 0.2) is 0 Å². The van der Waals surface area contributed by atoms with Gasteiger partial charge in [0.25, 0.3) is 5.91 Å². The summed E-state index contributed by atoms with van der Waals surface area (Å²) in [5, 5.41) is 8.26. The fourth-order valence-corrected chi connectivity index (χ4v) is 3.08. The highest BCUT2D eigenvalue weighted by Gasteiger charge is 2.12. The summed E-state index contributed by atoms with van der Waals surface area (Å²) in [5.41, 5.74) is 1.32. The zero-order valence-electron chi connectivity index (χ0n) is 16.6. The first-order valence-electron chi connectivity index (χ1n) is 9.39. The van der Waals surface area contributed by atoms with Crippen LogP contribution in [0.2, 0.25) is 10.0 Å². The molecule has 3 N–H and O–H groups in total. The number of halogens is 2. The SMILES string of the molecule is CN(CCCNC(=O)CNC(=O)CNC(=O)c1ccc(Cl)cc1Cl)c1ccccc1. The van der Waals surface area contributed by atoms with Gasteiger partial charge >= 0.3 is 0 Å². The Kier molecular flexibility index (Phi) is 9.44. The number of hydrogen-bond acceptors (Lipinski definition) is 4. The lowest BCUT2D eigenvalue weighted by Gasteiger charge is -2.19. The standard InChI is InChI=1S/C21H24Cl2N4O3/c1-27(16-6-3-2-4-7-16)11-5-10-24-19(28)13-25-20(29)14-26-21(30)17-9-8-15(22)12-18(17)23/h2-4,6-9,12H,5,10-11,13-14H2,1H3,(H,24,28)(H,25,29)(H,26,30). The molecule has 0 saturated carbocycles. The van der Waals surface area contributed by atoms with Crippen LogP contribution >= 0.6 is 23.2 Å². The maximum atomic E-state index is 12.0. The van der Waals surface area contributed by atoms with Crippen molar-refractivity contribution in [3.8, 4) is 0 Å². The topological polar surface area (TPSA) is 90.5 Å². The molecule has 0 atom stereocenters. The summed E-state index contributed by atoms with van der Waals surface area (Å²) in [6, 6.07) is 14.4. The van der Waals surface area contributed by atoms with Gasteiger partial charge in [-0.2, -0.15) is 0 Å². The van der Waals surface area contributed by atoms with Crippen molar-refractivity contribution in [2.75, 3.05) is 38.1 Å². The molecule has 0 aromatic heterocycles. The van der Waals surface area contributed by atoms with Crippen LogP contribution in [0.15, 0.2) is 48.5 Å². The molecule has 160 valence electrons. The van der Waals surface area contributed by atoms with Gasteiger partial charge in [-0.1, -0.05) is 41.4 Å². The van der Waals surface area contributed by atoms with E-state index in [0.717, 1.165) is 18.7 Å². The average molecular weight is 451 g/mol. The maximum Gasteiger partial charge on any atom is 0.253 e. The number of carbonyl (C=O) groups excluding carboxylic acids is 3. The second-order valence-electron chi connectivity index (χ2n) is 6.54. The second kappa shape index (κ2) is 12.0. The highest BCUT2D eigenvalue weighted by Crippen LogP contribution is 2.20. The molecular formula is C21H24Cl2N4O3. The summed E-state index contributed by atoms with van der Waals surface area (Å²) in [6.45, 7) is 0.853. The lowest BCUT2D eigenvalue weighted by atomic mass is 10.2. The highest BCUT2D eigenvalue weighted by molar-refractivity contribution is 6.36. The molecule has 3 amide bonds. The summed E-state index contributed by atoms with van der Waals surface area (Å²) in [5.74, 6) is -1.27. The van der Waals surface area contributed by atoms with Crippen LogP contribution in [0.4, 0.5) is 5.69 Å². The largest absolute Gasteiger partial charge is 0.375 e. The van der Waals surface area contributed by atoms with Crippen molar-refractivity contribution < 1.29 is 14.4 Å². The maximum absolute atomic E-state index is 12.0. The Morgan fingerprint density at radius 1 is 0.900 bits per heavy atom. The molecule has 0 aliphatic carbocycles. The lowest BCUT2D eigenvalue weighted by Crippen LogP contribution is -2.42. The minimum atomic E-state index is -0.501. The molecule has 0 fully saturated rings. The van der Waals surface area contributed by atoms with E-state index in [9.17, 15) is 14.4 Å². The van der Waals surface area contributed by atoms with Gasteiger partial charge in [-0.25, -0.2) is 0 Å². The van der Waals surface area contributed by atoms with Crippen molar-refractivity contribution in [2.45, 2.75) is 6.42 Å². The molecule has 0 bridgehead atoms. The average Bonchev–Trinajstić information content (AvgIpc) is 2.74. The van der Waals surface area contributed by atoms with E-state index >= 15 is 0 Å². The van der Waals surface area contributed by atoms with Crippen LogP contribution < -0.4 is 20.9 Å². The van der Waals surface area contributed by atoms with E-state index in [4.69, 9.17) is 23.2 Å². The molecule has 7 nitrogen and oxygen atoms in total. The van der Waals surface area contributed by atoms with Crippen LogP contribution in [0.3, 0.4) is 0 Å². The van der Waals surface area contributed by atoms with Gasteiger partial charge in [0.1, 0.15) is 0 Å². The Hall–Kier alpha value is -2.77. The molecule has 30 heavy (non-hydrogen) atoms. The van der Waals surface area contributed by atoms with Crippen LogP contribution in [-0.4, -0.2) is 50.9 Å². The van der Waals surface area contributed by atoms with E-state index in [0.29, 0.717) is 11.6 Å².